The van der Waals surface area contributed by atoms with E-state index >= 15 is 0 Å². The number of nitrogens with zero attached hydrogens (tertiary/aromatic N) is 2. The van der Waals surface area contributed by atoms with Crippen LogP contribution in [-0.4, -0.2) is 42.5 Å². The van der Waals surface area contributed by atoms with Gasteiger partial charge < -0.3 is 9.88 Å². The molecule has 27 heavy (non-hydrogen) atoms. The fraction of sp³-hybridized carbons (Fsp3) is 0.333. The fourth-order valence-corrected chi connectivity index (χ4v) is 4.92. The maximum absolute atomic E-state index is 12.7. The van der Waals surface area contributed by atoms with Crippen molar-refractivity contribution in [2.24, 2.45) is 0 Å². The lowest BCUT2D eigenvalue weighted by Gasteiger charge is -2.16. The van der Waals surface area contributed by atoms with Gasteiger partial charge in [-0.2, -0.15) is 4.31 Å². The van der Waals surface area contributed by atoms with Crippen LogP contribution in [-0.2, 0) is 21.4 Å². The molecule has 1 aromatic heterocycles. The van der Waals surface area contributed by atoms with E-state index in [0.29, 0.717) is 18.8 Å². The number of benzene rings is 1. The van der Waals surface area contributed by atoms with Crippen LogP contribution in [0.5, 0.6) is 0 Å². The van der Waals surface area contributed by atoms with E-state index in [4.69, 9.17) is 0 Å². The molecule has 0 radical (unpaired) electrons. The largest absolute Gasteiger partial charge is 0.324 e. The molecule has 1 aliphatic heterocycles. The number of hydrogen-bond donors (Lipinski definition) is 1. The van der Waals surface area contributed by atoms with Crippen LogP contribution in [0, 0.1) is 0 Å². The lowest BCUT2D eigenvalue weighted by Crippen LogP contribution is -2.31. The number of sulfonamides is 1. The predicted molar refractivity (Wildman–Crippen MR) is 106 cm³/mol. The van der Waals surface area contributed by atoms with Gasteiger partial charge in [0, 0.05) is 35.9 Å². The fourth-order valence-electron chi connectivity index (χ4n) is 2.92. The van der Waals surface area contributed by atoms with Crippen LogP contribution in [0.1, 0.15) is 12.8 Å². The lowest BCUT2D eigenvalue weighted by molar-refractivity contribution is -0.116. The van der Waals surface area contributed by atoms with Crippen LogP contribution in [0.3, 0.4) is 0 Å². The van der Waals surface area contributed by atoms with Crippen LogP contribution in [0.25, 0.3) is 0 Å². The Morgan fingerprint density at radius 3 is 2.63 bits per heavy atom. The van der Waals surface area contributed by atoms with E-state index in [1.165, 1.54) is 22.6 Å². The van der Waals surface area contributed by atoms with Gasteiger partial charge in [0.1, 0.15) is 6.54 Å². The van der Waals surface area contributed by atoms with Crippen LogP contribution in [0.4, 0.5) is 5.69 Å². The Hall–Kier alpha value is -2.10. The van der Waals surface area contributed by atoms with Gasteiger partial charge >= 0.3 is 0 Å². The molecule has 0 aliphatic carbocycles. The molecule has 0 bridgehead atoms. The number of thioether (sulfide) groups is 1. The minimum Gasteiger partial charge on any atom is -0.324 e. The van der Waals surface area contributed by atoms with Crippen LogP contribution < -0.4 is 10.9 Å². The molecule has 1 fully saturated rings. The predicted octanol–water partition coefficient (Wildman–Crippen LogP) is 1.99. The minimum absolute atomic E-state index is 0.0289. The van der Waals surface area contributed by atoms with Crippen molar-refractivity contribution in [1.82, 2.24) is 8.87 Å². The molecule has 1 saturated heterocycles. The summed E-state index contributed by atoms with van der Waals surface area (Å²) in [5.74, 6) is -0.397. The molecule has 1 amide bonds. The Bertz CT molecular complexity index is 996. The summed E-state index contributed by atoms with van der Waals surface area (Å²) in [6.45, 7) is 0.702. The summed E-state index contributed by atoms with van der Waals surface area (Å²) in [6, 6.07) is 9.83. The van der Waals surface area contributed by atoms with Gasteiger partial charge in [-0.05, 0) is 43.4 Å². The standard InChI is InChI=1S/C18H21N3O4S2/c1-26-15-6-4-5-14(11-15)19-17(22)13-20-12-16(7-8-18(20)23)27(24,25)21-9-2-3-10-21/h4-8,11-12H,2-3,9-10,13H2,1H3,(H,19,22). The number of anilines is 1. The van der Waals surface area contributed by atoms with E-state index in [1.807, 2.05) is 24.5 Å². The summed E-state index contributed by atoms with van der Waals surface area (Å²) in [5.41, 5.74) is 0.198. The maximum atomic E-state index is 12.7. The van der Waals surface area contributed by atoms with Gasteiger partial charge in [0.25, 0.3) is 5.56 Å². The summed E-state index contributed by atoms with van der Waals surface area (Å²) in [4.78, 5) is 25.4. The maximum Gasteiger partial charge on any atom is 0.251 e. The number of nitrogens with one attached hydrogen (secondary N) is 1. The SMILES string of the molecule is CSc1cccc(NC(=O)Cn2cc(S(=O)(=O)N3CCCC3)ccc2=O)c1. The number of carbonyl (C=O) groups excluding carboxylic acids is 1. The molecule has 0 spiro atoms. The molecule has 0 unspecified atom stereocenters. The van der Waals surface area contributed by atoms with Crippen molar-refractivity contribution < 1.29 is 13.2 Å². The number of rotatable bonds is 6. The zero-order chi connectivity index (χ0) is 19.4. The zero-order valence-electron chi connectivity index (χ0n) is 14.9. The lowest BCUT2D eigenvalue weighted by atomic mass is 10.3. The third-order valence-corrected chi connectivity index (χ3v) is 6.93. The number of pyridine rings is 1. The van der Waals surface area contributed by atoms with Crippen molar-refractivity contribution in [3.05, 3.63) is 52.9 Å². The van der Waals surface area contributed by atoms with E-state index < -0.39 is 21.5 Å². The van der Waals surface area contributed by atoms with Crippen LogP contribution >= 0.6 is 11.8 Å². The number of carbonyl (C=O) groups is 1. The smallest absolute Gasteiger partial charge is 0.251 e. The first-order chi connectivity index (χ1) is 12.9. The van der Waals surface area contributed by atoms with E-state index in [-0.39, 0.29) is 11.4 Å². The molecule has 0 atom stereocenters. The van der Waals surface area contributed by atoms with E-state index in [9.17, 15) is 18.0 Å². The molecular formula is C18H21N3O4S2. The van der Waals surface area contributed by atoms with Gasteiger partial charge in [-0.25, -0.2) is 8.42 Å². The second kappa shape index (κ2) is 8.28. The second-order valence-corrected chi connectivity index (χ2v) is 9.04. The van der Waals surface area contributed by atoms with Crippen molar-refractivity contribution in [3.63, 3.8) is 0 Å². The van der Waals surface area contributed by atoms with Gasteiger partial charge in [-0.3, -0.25) is 9.59 Å². The Labute approximate surface area is 162 Å². The molecule has 3 rings (SSSR count). The van der Waals surface area contributed by atoms with Gasteiger partial charge in [0.15, 0.2) is 0 Å². The van der Waals surface area contributed by atoms with Crippen LogP contribution in [0.2, 0.25) is 0 Å². The van der Waals surface area contributed by atoms with Crippen molar-refractivity contribution in [2.45, 2.75) is 29.2 Å². The van der Waals surface area contributed by atoms with E-state index in [1.54, 1.807) is 17.8 Å². The molecule has 2 aromatic rings. The number of hydrogen-bond acceptors (Lipinski definition) is 5. The third-order valence-electron chi connectivity index (χ3n) is 4.33. The topological polar surface area (TPSA) is 88.5 Å². The Kier molecular flexibility index (Phi) is 6.03. The second-order valence-electron chi connectivity index (χ2n) is 6.22. The monoisotopic (exact) mass is 407 g/mol. The molecular weight excluding hydrogens is 386 g/mol. The molecule has 1 aromatic carbocycles. The van der Waals surface area contributed by atoms with Crippen molar-refractivity contribution >= 4 is 33.4 Å². The van der Waals surface area contributed by atoms with Gasteiger partial charge in [-0.1, -0.05) is 6.07 Å². The highest BCUT2D eigenvalue weighted by molar-refractivity contribution is 7.98. The first kappa shape index (κ1) is 19.7. The Morgan fingerprint density at radius 2 is 1.93 bits per heavy atom. The summed E-state index contributed by atoms with van der Waals surface area (Å²) < 4.78 is 27.8. The first-order valence-corrected chi connectivity index (χ1v) is 11.2. The third kappa shape index (κ3) is 4.60. The average Bonchev–Trinajstić information content (AvgIpc) is 3.19. The normalized spacial score (nSPS) is 15.0. The van der Waals surface area contributed by atoms with Crippen molar-refractivity contribution in [2.75, 3.05) is 24.7 Å². The molecule has 2 heterocycles. The molecule has 7 nitrogen and oxygen atoms in total. The summed E-state index contributed by atoms with van der Waals surface area (Å²) in [6.07, 6.45) is 4.84. The van der Waals surface area contributed by atoms with Gasteiger partial charge in [-0.15, -0.1) is 11.8 Å². The Balaban J connectivity index is 1.78. The van der Waals surface area contributed by atoms with Gasteiger partial charge in [0.2, 0.25) is 15.9 Å². The van der Waals surface area contributed by atoms with Crippen molar-refractivity contribution in [1.29, 1.82) is 0 Å². The zero-order valence-corrected chi connectivity index (χ0v) is 16.6. The highest BCUT2D eigenvalue weighted by Gasteiger charge is 2.27. The quantitative estimate of drug-likeness (QED) is 0.740. The summed E-state index contributed by atoms with van der Waals surface area (Å²) in [5, 5.41) is 2.73. The van der Waals surface area contributed by atoms with Gasteiger partial charge in [0.05, 0.1) is 4.90 Å². The molecule has 9 heteroatoms. The first-order valence-electron chi connectivity index (χ1n) is 8.55. The van der Waals surface area contributed by atoms with Crippen molar-refractivity contribution in [3.8, 4) is 0 Å². The number of amides is 1. The van der Waals surface area contributed by atoms with E-state index in [0.717, 1.165) is 22.3 Å². The minimum atomic E-state index is -3.64. The molecule has 0 saturated carbocycles. The molecule has 144 valence electrons. The average molecular weight is 408 g/mol. The summed E-state index contributed by atoms with van der Waals surface area (Å²) >= 11 is 1.56. The van der Waals surface area contributed by atoms with Crippen LogP contribution in [0.15, 0.2) is 57.2 Å². The Morgan fingerprint density at radius 1 is 1.19 bits per heavy atom. The molecule has 1 N–H and O–H groups in total. The van der Waals surface area contributed by atoms with E-state index in [2.05, 4.69) is 5.32 Å². The molecule has 1 aliphatic rings. The highest BCUT2D eigenvalue weighted by Crippen LogP contribution is 2.20. The summed E-state index contributed by atoms with van der Waals surface area (Å²) in [7, 11) is -3.64. The number of aromatic nitrogens is 1. The highest BCUT2D eigenvalue weighted by atomic mass is 32.2.